The highest BCUT2D eigenvalue weighted by molar-refractivity contribution is 6.11. The van der Waals surface area contributed by atoms with Crippen LogP contribution in [0, 0.1) is 0 Å². The van der Waals surface area contributed by atoms with Gasteiger partial charge in [0.25, 0.3) is 5.91 Å². The highest BCUT2D eigenvalue weighted by Gasteiger charge is 2.12. The molecule has 0 saturated carbocycles. The maximum atomic E-state index is 12.4. The molecule has 0 spiro atoms. The largest absolute Gasteiger partial charge is 0.321 e. The molecular formula is C19H14N2O2. The van der Waals surface area contributed by atoms with E-state index >= 15 is 0 Å². The molecule has 112 valence electrons. The highest BCUT2D eigenvalue weighted by atomic mass is 16.1. The zero-order valence-corrected chi connectivity index (χ0v) is 12.3. The van der Waals surface area contributed by atoms with Crippen molar-refractivity contribution in [2.75, 3.05) is 5.32 Å². The Bertz CT molecular complexity index is 830. The first kappa shape index (κ1) is 14.7. The Kier molecular flexibility index (Phi) is 4.25. The van der Waals surface area contributed by atoms with E-state index in [1.807, 2.05) is 18.2 Å². The Morgan fingerprint density at radius 2 is 1.52 bits per heavy atom. The van der Waals surface area contributed by atoms with Gasteiger partial charge in [0.2, 0.25) is 0 Å². The lowest BCUT2D eigenvalue weighted by atomic mass is 10.0. The number of benzene rings is 2. The molecule has 0 unspecified atom stereocenters. The fourth-order valence-electron chi connectivity index (χ4n) is 2.20. The van der Waals surface area contributed by atoms with Crippen LogP contribution in [0.15, 0.2) is 79.1 Å². The van der Waals surface area contributed by atoms with Crippen LogP contribution in [-0.2, 0) is 0 Å². The Morgan fingerprint density at radius 3 is 2.26 bits per heavy atom. The zero-order valence-electron chi connectivity index (χ0n) is 12.3. The van der Waals surface area contributed by atoms with Crippen molar-refractivity contribution in [3.8, 4) is 0 Å². The summed E-state index contributed by atoms with van der Waals surface area (Å²) >= 11 is 0. The van der Waals surface area contributed by atoms with E-state index in [4.69, 9.17) is 0 Å². The standard InChI is InChI=1S/C19H14N2O2/c22-18(14-6-2-1-3-7-14)15-8-4-9-16(12-15)19(23)21-17-10-5-11-20-13-17/h1-13H,(H,21,23). The van der Waals surface area contributed by atoms with E-state index in [1.165, 1.54) is 0 Å². The van der Waals surface area contributed by atoms with Crippen molar-refractivity contribution in [2.45, 2.75) is 0 Å². The number of ketones is 1. The summed E-state index contributed by atoms with van der Waals surface area (Å²) in [5.74, 6) is -0.387. The SMILES string of the molecule is O=C(Nc1cccnc1)c1cccc(C(=O)c2ccccc2)c1. The molecule has 0 atom stereocenters. The Hall–Kier alpha value is -3.27. The average molecular weight is 302 g/mol. The number of nitrogens with zero attached hydrogens (tertiary/aromatic N) is 1. The van der Waals surface area contributed by atoms with Crippen molar-refractivity contribution in [2.24, 2.45) is 0 Å². The number of hydrogen-bond acceptors (Lipinski definition) is 3. The van der Waals surface area contributed by atoms with Gasteiger partial charge in [0.15, 0.2) is 5.78 Å². The van der Waals surface area contributed by atoms with Crippen LogP contribution >= 0.6 is 0 Å². The average Bonchev–Trinajstić information content (AvgIpc) is 2.63. The molecule has 1 heterocycles. The highest BCUT2D eigenvalue weighted by Crippen LogP contribution is 2.13. The number of pyridine rings is 1. The number of anilines is 1. The van der Waals surface area contributed by atoms with E-state index in [2.05, 4.69) is 10.3 Å². The smallest absolute Gasteiger partial charge is 0.255 e. The molecule has 23 heavy (non-hydrogen) atoms. The van der Waals surface area contributed by atoms with Gasteiger partial charge in [-0.25, -0.2) is 0 Å². The van der Waals surface area contributed by atoms with Crippen LogP contribution in [0.4, 0.5) is 5.69 Å². The van der Waals surface area contributed by atoms with Crippen LogP contribution in [0.1, 0.15) is 26.3 Å². The van der Waals surface area contributed by atoms with E-state index in [1.54, 1.807) is 60.9 Å². The van der Waals surface area contributed by atoms with Crippen molar-refractivity contribution in [3.63, 3.8) is 0 Å². The summed E-state index contributed by atoms with van der Waals surface area (Å²) in [5, 5.41) is 2.75. The van der Waals surface area contributed by atoms with E-state index in [0.29, 0.717) is 22.4 Å². The first-order chi connectivity index (χ1) is 11.2. The van der Waals surface area contributed by atoms with Crippen LogP contribution in [-0.4, -0.2) is 16.7 Å². The van der Waals surface area contributed by atoms with Gasteiger partial charge in [0.05, 0.1) is 11.9 Å². The molecule has 1 aromatic heterocycles. The number of amides is 1. The lowest BCUT2D eigenvalue weighted by Gasteiger charge is -2.06. The van der Waals surface area contributed by atoms with E-state index < -0.39 is 0 Å². The van der Waals surface area contributed by atoms with Crippen molar-refractivity contribution >= 4 is 17.4 Å². The summed E-state index contributed by atoms with van der Waals surface area (Å²) in [6.45, 7) is 0. The molecule has 0 aliphatic heterocycles. The van der Waals surface area contributed by atoms with Gasteiger partial charge in [-0.3, -0.25) is 14.6 Å². The predicted octanol–water partition coefficient (Wildman–Crippen LogP) is 3.56. The lowest BCUT2D eigenvalue weighted by Crippen LogP contribution is -2.13. The molecule has 4 nitrogen and oxygen atoms in total. The van der Waals surface area contributed by atoms with Crippen molar-refractivity contribution in [1.82, 2.24) is 4.98 Å². The van der Waals surface area contributed by atoms with Gasteiger partial charge in [-0.15, -0.1) is 0 Å². The molecular weight excluding hydrogens is 288 g/mol. The van der Waals surface area contributed by atoms with Crippen molar-refractivity contribution in [3.05, 3.63) is 95.8 Å². The zero-order chi connectivity index (χ0) is 16.1. The maximum absolute atomic E-state index is 12.4. The summed E-state index contributed by atoms with van der Waals surface area (Å²) in [6.07, 6.45) is 3.20. The third kappa shape index (κ3) is 3.49. The molecule has 1 amide bonds. The topological polar surface area (TPSA) is 59.1 Å². The van der Waals surface area contributed by atoms with Crippen LogP contribution < -0.4 is 5.32 Å². The molecule has 0 aliphatic rings. The summed E-state index contributed by atoms with van der Waals surface area (Å²) in [6, 6.07) is 19.2. The molecule has 0 radical (unpaired) electrons. The molecule has 3 aromatic rings. The lowest BCUT2D eigenvalue weighted by molar-refractivity contribution is 0.102. The Balaban J connectivity index is 1.82. The van der Waals surface area contributed by atoms with E-state index in [0.717, 1.165) is 0 Å². The van der Waals surface area contributed by atoms with Crippen LogP contribution in [0.3, 0.4) is 0 Å². The number of carbonyl (C=O) groups excluding carboxylic acids is 2. The minimum atomic E-state index is -0.277. The molecule has 0 saturated heterocycles. The molecule has 0 fully saturated rings. The minimum absolute atomic E-state index is 0.110. The van der Waals surface area contributed by atoms with Gasteiger partial charge >= 0.3 is 0 Å². The van der Waals surface area contributed by atoms with E-state index in [-0.39, 0.29) is 11.7 Å². The van der Waals surface area contributed by atoms with Crippen molar-refractivity contribution in [1.29, 1.82) is 0 Å². The van der Waals surface area contributed by atoms with Gasteiger partial charge < -0.3 is 5.32 Å². The number of rotatable bonds is 4. The van der Waals surface area contributed by atoms with Gasteiger partial charge in [-0.05, 0) is 24.3 Å². The molecule has 2 aromatic carbocycles. The summed E-state index contributed by atoms with van der Waals surface area (Å²) < 4.78 is 0. The molecule has 0 aliphatic carbocycles. The first-order valence-electron chi connectivity index (χ1n) is 7.15. The number of hydrogen-bond donors (Lipinski definition) is 1. The fraction of sp³-hybridized carbons (Fsp3) is 0. The number of aromatic nitrogens is 1. The number of carbonyl (C=O) groups is 2. The molecule has 0 bridgehead atoms. The van der Waals surface area contributed by atoms with Crippen molar-refractivity contribution < 1.29 is 9.59 Å². The van der Waals surface area contributed by atoms with Gasteiger partial charge in [-0.2, -0.15) is 0 Å². The quantitative estimate of drug-likeness (QED) is 0.750. The maximum Gasteiger partial charge on any atom is 0.255 e. The third-order valence-corrected chi connectivity index (χ3v) is 3.34. The second kappa shape index (κ2) is 6.66. The van der Waals surface area contributed by atoms with E-state index in [9.17, 15) is 9.59 Å². The molecule has 4 heteroatoms. The second-order valence-electron chi connectivity index (χ2n) is 4.97. The minimum Gasteiger partial charge on any atom is -0.321 e. The Labute approximate surface area is 133 Å². The summed E-state index contributed by atoms with van der Waals surface area (Å²) in [7, 11) is 0. The van der Waals surface area contributed by atoms with Crippen LogP contribution in [0.5, 0.6) is 0 Å². The predicted molar refractivity (Wildman–Crippen MR) is 88.5 cm³/mol. The molecule has 1 N–H and O–H groups in total. The van der Waals surface area contributed by atoms with Gasteiger partial charge in [0, 0.05) is 22.9 Å². The fourth-order valence-corrected chi connectivity index (χ4v) is 2.20. The number of nitrogens with one attached hydrogen (secondary N) is 1. The van der Waals surface area contributed by atoms with Gasteiger partial charge in [-0.1, -0.05) is 42.5 Å². The van der Waals surface area contributed by atoms with Gasteiger partial charge in [0.1, 0.15) is 0 Å². The Morgan fingerprint density at radius 1 is 0.783 bits per heavy atom. The normalized spacial score (nSPS) is 10.1. The van der Waals surface area contributed by atoms with Crippen LogP contribution in [0.25, 0.3) is 0 Å². The third-order valence-electron chi connectivity index (χ3n) is 3.34. The van der Waals surface area contributed by atoms with Crippen LogP contribution in [0.2, 0.25) is 0 Å². The summed E-state index contributed by atoms with van der Waals surface area (Å²) in [5.41, 5.74) is 2.11. The molecule has 3 rings (SSSR count). The second-order valence-corrected chi connectivity index (χ2v) is 4.97. The summed E-state index contributed by atoms with van der Waals surface area (Å²) in [4.78, 5) is 28.7. The first-order valence-corrected chi connectivity index (χ1v) is 7.15. The monoisotopic (exact) mass is 302 g/mol.